The highest BCUT2D eigenvalue weighted by molar-refractivity contribution is 8.76. The number of carbonyl (C=O) groups is 2. The largest absolute Gasteiger partial charge is 0.481 e. The summed E-state index contributed by atoms with van der Waals surface area (Å²) in [5.41, 5.74) is 15.5. The predicted molar refractivity (Wildman–Crippen MR) is 90.0 cm³/mol. The summed E-state index contributed by atoms with van der Waals surface area (Å²) in [5, 5.41) is 16.3. The highest BCUT2D eigenvalue weighted by Crippen LogP contribution is 2.18. The van der Waals surface area contributed by atoms with Gasteiger partial charge in [0.2, 0.25) is 0 Å². The normalized spacial score (nSPS) is 10.2. The number of hydrogen-bond acceptors (Lipinski definition) is 7. The fourth-order valence-electron chi connectivity index (χ4n) is 0.617. The first-order valence-corrected chi connectivity index (χ1v) is 7.79. The second-order valence-electron chi connectivity index (χ2n) is 3.10. The van der Waals surface area contributed by atoms with E-state index in [1.165, 1.54) is 0 Å². The van der Waals surface area contributed by atoms with Gasteiger partial charge in [-0.1, -0.05) is 21.6 Å². The van der Waals surface area contributed by atoms with Crippen LogP contribution < -0.4 is 17.2 Å². The molecular formula is C9H23Cl2N3O4S2. The third-order valence-electron chi connectivity index (χ3n) is 1.47. The maximum Gasteiger partial charge on any atom is 0.320 e. The van der Waals surface area contributed by atoms with Crippen LogP contribution in [0.1, 0.15) is 12.8 Å². The highest BCUT2D eigenvalue weighted by Gasteiger charge is 2.12. The first-order valence-electron chi connectivity index (χ1n) is 5.30. The van der Waals surface area contributed by atoms with E-state index >= 15 is 0 Å². The maximum absolute atomic E-state index is 9.99. The lowest BCUT2D eigenvalue weighted by molar-refractivity contribution is -0.139. The Kier molecular flexibility index (Phi) is 30.3. The van der Waals surface area contributed by atoms with Crippen molar-refractivity contribution in [2.45, 2.75) is 18.9 Å². The van der Waals surface area contributed by atoms with Crippen molar-refractivity contribution in [2.75, 3.05) is 24.6 Å². The summed E-state index contributed by atoms with van der Waals surface area (Å²) >= 11 is 0. The first-order chi connectivity index (χ1) is 8.45. The second kappa shape index (κ2) is 21.4. The molecule has 0 amide bonds. The van der Waals surface area contributed by atoms with Crippen LogP contribution in [0.2, 0.25) is 0 Å². The number of aliphatic carboxylic acids is 2. The van der Waals surface area contributed by atoms with Gasteiger partial charge in [0.25, 0.3) is 0 Å². The Morgan fingerprint density at radius 1 is 1.00 bits per heavy atom. The maximum atomic E-state index is 9.99. The van der Waals surface area contributed by atoms with E-state index in [4.69, 9.17) is 27.4 Å². The smallest absolute Gasteiger partial charge is 0.320 e. The minimum absolute atomic E-state index is 0. The van der Waals surface area contributed by atoms with Crippen LogP contribution >= 0.6 is 46.4 Å². The molecular weight excluding hydrogens is 349 g/mol. The van der Waals surface area contributed by atoms with Gasteiger partial charge in [0.15, 0.2) is 0 Å². The molecule has 8 N–H and O–H groups in total. The fourth-order valence-corrected chi connectivity index (χ4v) is 2.33. The van der Waals surface area contributed by atoms with Crippen molar-refractivity contribution in [2.24, 2.45) is 17.2 Å². The quantitative estimate of drug-likeness (QED) is 0.286. The zero-order valence-corrected chi connectivity index (χ0v) is 14.2. The number of hydrogen-bond donors (Lipinski definition) is 5. The molecule has 0 aliphatic heterocycles. The molecule has 0 saturated heterocycles. The van der Waals surface area contributed by atoms with Gasteiger partial charge in [0.05, 0.1) is 0 Å². The van der Waals surface area contributed by atoms with Gasteiger partial charge in [-0.3, -0.25) is 9.59 Å². The van der Waals surface area contributed by atoms with Crippen LogP contribution in [0.4, 0.5) is 0 Å². The van der Waals surface area contributed by atoms with Gasteiger partial charge < -0.3 is 27.4 Å². The molecule has 1 unspecified atom stereocenters. The van der Waals surface area contributed by atoms with E-state index in [1.807, 2.05) is 0 Å². The molecule has 0 heterocycles. The van der Waals surface area contributed by atoms with Gasteiger partial charge >= 0.3 is 11.9 Å². The molecule has 20 heavy (non-hydrogen) atoms. The number of carboxylic acid groups (broad SMARTS) is 2. The molecule has 7 nitrogen and oxygen atoms in total. The zero-order valence-electron chi connectivity index (χ0n) is 10.9. The van der Waals surface area contributed by atoms with E-state index in [9.17, 15) is 9.59 Å². The first kappa shape index (κ1) is 28.3. The van der Waals surface area contributed by atoms with Crippen LogP contribution in [-0.4, -0.2) is 52.8 Å². The van der Waals surface area contributed by atoms with Crippen LogP contribution in [0.3, 0.4) is 0 Å². The Hall–Kier alpha value is 0.1000. The van der Waals surface area contributed by atoms with E-state index in [0.29, 0.717) is 0 Å². The minimum Gasteiger partial charge on any atom is -0.481 e. The van der Waals surface area contributed by atoms with Gasteiger partial charge in [0.1, 0.15) is 6.04 Å². The molecule has 0 radical (unpaired) electrons. The van der Waals surface area contributed by atoms with Crippen molar-refractivity contribution >= 4 is 58.3 Å². The number of nitrogens with two attached hydrogens (primary N) is 3. The highest BCUT2D eigenvalue weighted by atomic mass is 35.5. The molecule has 0 aromatic carbocycles. The molecule has 0 rings (SSSR count). The molecule has 0 saturated carbocycles. The molecule has 0 aliphatic carbocycles. The van der Waals surface area contributed by atoms with Gasteiger partial charge in [0, 0.05) is 31.0 Å². The summed E-state index contributed by atoms with van der Waals surface area (Å²) in [7, 11) is 3.58. The molecule has 124 valence electrons. The number of halogens is 2. The molecule has 0 bridgehead atoms. The van der Waals surface area contributed by atoms with Crippen molar-refractivity contribution in [3.05, 3.63) is 0 Å². The molecule has 0 aromatic rings. The van der Waals surface area contributed by atoms with Crippen LogP contribution in [0, 0.1) is 0 Å². The molecule has 1 atom stereocenters. The topological polar surface area (TPSA) is 153 Å². The summed E-state index contributed by atoms with van der Waals surface area (Å²) in [4.78, 5) is 19.9. The van der Waals surface area contributed by atoms with Gasteiger partial charge in [-0.05, 0) is 6.42 Å². The van der Waals surface area contributed by atoms with E-state index in [0.717, 1.165) is 24.6 Å². The Morgan fingerprint density at radius 2 is 1.40 bits per heavy atom. The number of carboxylic acids is 2. The third kappa shape index (κ3) is 26.6. The van der Waals surface area contributed by atoms with Crippen molar-refractivity contribution in [3.8, 4) is 0 Å². The van der Waals surface area contributed by atoms with E-state index < -0.39 is 18.0 Å². The summed E-state index contributed by atoms with van der Waals surface area (Å²) in [6.45, 7) is 1.53. The molecule has 0 aromatic heterocycles. The van der Waals surface area contributed by atoms with Gasteiger partial charge in [-0.15, -0.1) is 24.8 Å². The Labute approximate surface area is 139 Å². The predicted octanol–water partition coefficient (Wildman–Crippen LogP) is 0.392. The molecule has 0 aliphatic rings. The summed E-state index contributed by atoms with van der Waals surface area (Å²) in [5.74, 6) is -0.132. The lowest BCUT2D eigenvalue weighted by Crippen LogP contribution is -2.30. The molecule has 11 heteroatoms. The van der Waals surface area contributed by atoms with Crippen molar-refractivity contribution in [1.29, 1.82) is 0 Å². The van der Waals surface area contributed by atoms with Crippen molar-refractivity contribution in [3.63, 3.8) is 0 Å². The minimum atomic E-state index is -1.17. The lowest BCUT2D eigenvalue weighted by Gasteiger charge is -2.01. The lowest BCUT2D eigenvalue weighted by atomic mass is 10.2. The number of rotatable bonds is 9. The monoisotopic (exact) mass is 371 g/mol. The van der Waals surface area contributed by atoms with Crippen LogP contribution in [-0.2, 0) is 9.59 Å². The average molecular weight is 372 g/mol. The Morgan fingerprint density at radius 3 is 1.65 bits per heavy atom. The van der Waals surface area contributed by atoms with Crippen molar-refractivity contribution < 1.29 is 19.8 Å². The van der Waals surface area contributed by atoms with Gasteiger partial charge in [-0.2, -0.15) is 0 Å². The van der Waals surface area contributed by atoms with Crippen LogP contribution in [0.5, 0.6) is 0 Å². The Bertz CT molecular complexity index is 235. The fraction of sp³-hybridized carbons (Fsp3) is 0.778. The zero-order chi connectivity index (χ0) is 14.4. The second-order valence-corrected chi connectivity index (χ2v) is 5.80. The van der Waals surface area contributed by atoms with Gasteiger partial charge in [-0.25, -0.2) is 0 Å². The molecule has 0 fully saturated rings. The summed E-state index contributed by atoms with van der Waals surface area (Å²) in [6.07, 6.45) is -0.224. The van der Waals surface area contributed by atoms with Crippen molar-refractivity contribution in [1.82, 2.24) is 0 Å². The summed E-state index contributed by atoms with van der Waals surface area (Å²) in [6, 6.07) is -1.06. The van der Waals surface area contributed by atoms with Crippen LogP contribution in [0.25, 0.3) is 0 Å². The average Bonchev–Trinajstić information content (AvgIpc) is 2.32. The summed E-state index contributed by atoms with van der Waals surface area (Å²) < 4.78 is 0. The Balaban J connectivity index is -0.000000119. The van der Waals surface area contributed by atoms with E-state index in [-0.39, 0.29) is 37.7 Å². The third-order valence-corrected chi connectivity index (χ3v) is 3.94. The van der Waals surface area contributed by atoms with E-state index in [1.54, 1.807) is 21.6 Å². The van der Waals surface area contributed by atoms with Crippen LogP contribution in [0.15, 0.2) is 0 Å². The van der Waals surface area contributed by atoms with E-state index in [2.05, 4.69) is 0 Å². The standard InChI is InChI=1S/C5H9NO4.C4H12N2S2.2ClH/c6-3(5(9)10)1-2-4(7)8;5-1-3-7-8-4-2-6;;/h3H,1-2,6H2,(H,7,8)(H,9,10);1-6H2;2*1H. The molecule has 0 spiro atoms. The SMILES string of the molecule is Cl.Cl.NC(CCC(=O)O)C(=O)O.NCCSSCCN.